The highest BCUT2D eigenvalue weighted by Crippen LogP contribution is 2.38. The minimum absolute atomic E-state index is 0.00244. The summed E-state index contributed by atoms with van der Waals surface area (Å²) in [5.41, 5.74) is -0.599. The first kappa shape index (κ1) is 17.1. The Balaban J connectivity index is 1.64. The maximum absolute atomic E-state index is 12.8. The first-order valence-corrected chi connectivity index (χ1v) is 10.4. The van der Waals surface area contributed by atoms with Crippen LogP contribution in [0.25, 0.3) is 0 Å². The smallest absolute Gasteiger partial charge is 0.240 e. The quantitative estimate of drug-likeness (QED) is 0.858. The predicted octanol–water partition coefficient (Wildman–Crippen LogP) is 2.94. The molecule has 1 aliphatic heterocycles. The molecule has 0 aromatic carbocycles. The molecule has 1 N–H and O–H groups in total. The van der Waals surface area contributed by atoms with Crippen LogP contribution in [0.4, 0.5) is 0 Å². The van der Waals surface area contributed by atoms with Crippen LogP contribution in [-0.4, -0.2) is 47.5 Å². The fraction of sp³-hybridized carbons (Fsp3) is 0.889. The zero-order chi connectivity index (χ0) is 16.2. The molecule has 4 nitrogen and oxygen atoms in total. The molecule has 128 valence electrons. The summed E-state index contributed by atoms with van der Waals surface area (Å²) in [7, 11) is 0. The molecule has 3 rings (SSSR count). The third-order valence-electron chi connectivity index (χ3n) is 6.15. The molecule has 23 heavy (non-hydrogen) atoms. The molecule has 1 amide bonds. The van der Waals surface area contributed by atoms with Crippen LogP contribution in [0.15, 0.2) is 0 Å². The van der Waals surface area contributed by atoms with Crippen molar-refractivity contribution in [2.45, 2.75) is 63.3 Å². The number of amides is 1. The van der Waals surface area contributed by atoms with E-state index >= 15 is 0 Å². The van der Waals surface area contributed by atoms with Gasteiger partial charge in [0.1, 0.15) is 5.41 Å². The van der Waals surface area contributed by atoms with Crippen molar-refractivity contribution in [1.29, 1.82) is 5.26 Å². The molecule has 3 aliphatic rings. The van der Waals surface area contributed by atoms with Crippen LogP contribution in [0.5, 0.6) is 0 Å². The van der Waals surface area contributed by atoms with E-state index in [-0.39, 0.29) is 11.4 Å². The number of nitrogens with zero attached hydrogens (tertiary/aromatic N) is 2. The number of hydrogen-bond acceptors (Lipinski definition) is 4. The lowest BCUT2D eigenvalue weighted by Crippen LogP contribution is -2.57. The van der Waals surface area contributed by atoms with Crippen molar-refractivity contribution >= 4 is 17.7 Å². The second kappa shape index (κ2) is 7.44. The number of nitriles is 1. The lowest BCUT2D eigenvalue weighted by molar-refractivity contribution is -0.130. The van der Waals surface area contributed by atoms with Crippen molar-refractivity contribution in [3.8, 4) is 6.07 Å². The normalized spacial score (nSPS) is 27.3. The fourth-order valence-electron chi connectivity index (χ4n) is 4.63. The lowest BCUT2D eigenvalue weighted by atomic mass is 9.74. The van der Waals surface area contributed by atoms with Gasteiger partial charge in [0.25, 0.3) is 0 Å². The minimum Gasteiger partial charge on any atom is -0.353 e. The molecule has 2 aliphatic carbocycles. The van der Waals surface area contributed by atoms with E-state index in [0.717, 1.165) is 51.7 Å². The van der Waals surface area contributed by atoms with Crippen molar-refractivity contribution < 1.29 is 4.79 Å². The van der Waals surface area contributed by atoms with Gasteiger partial charge in [-0.25, -0.2) is 0 Å². The Morgan fingerprint density at radius 2 is 1.65 bits per heavy atom. The molecule has 0 aromatic rings. The van der Waals surface area contributed by atoms with Gasteiger partial charge in [0, 0.05) is 36.7 Å². The standard InChI is InChI=1S/C18H29N3OS/c19-14-17(6-2-1-3-7-17)16(22)20-15-18(8-4-5-9-18)21-10-12-23-13-11-21/h1-13,15H2,(H,20,22). The van der Waals surface area contributed by atoms with Crippen LogP contribution in [0.2, 0.25) is 0 Å². The van der Waals surface area contributed by atoms with E-state index in [2.05, 4.69) is 16.3 Å². The number of hydrogen-bond donors (Lipinski definition) is 1. The average molecular weight is 336 g/mol. The Morgan fingerprint density at radius 1 is 1.04 bits per heavy atom. The Bertz CT molecular complexity index is 455. The molecule has 2 saturated carbocycles. The Morgan fingerprint density at radius 3 is 2.26 bits per heavy atom. The average Bonchev–Trinajstić information content (AvgIpc) is 3.11. The summed E-state index contributed by atoms with van der Waals surface area (Å²) in [5.74, 6) is 2.41. The Hall–Kier alpha value is -0.730. The molecule has 3 fully saturated rings. The van der Waals surface area contributed by atoms with Gasteiger partial charge in [0.05, 0.1) is 6.07 Å². The summed E-state index contributed by atoms with van der Waals surface area (Å²) in [6, 6.07) is 2.36. The summed E-state index contributed by atoms with van der Waals surface area (Å²) in [6.45, 7) is 3.02. The van der Waals surface area contributed by atoms with Gasteiger partial charge in [-0.3, -0.25) is 9.69 Å². The Labute approximate surface area is 144 Å². The van der Waals surface area contributed by atoms with Gasteiger partial charge in [-0.05, 0) is 25.7 Å². The van der Waals surface area contributed by atoms with Crippen LogP contribution in [0.3, 0.4) is 0 Å². The van der Waals surface area contributed by atoms with Gasteiger partial charge in [-0.15, -0.1) is 0 Å². The molecule has 0 spiro atoms. The van der Waals surface area contributed by atoms with Gasteiger partial charge in [-0.1, -0.05) is 32.1 Å². The second-order valence-electron chi connectivity index (χ2n) is 7.47. The van der Waals surface area contributed by atoms with E-state index in [9.17, 15) is 10.1 Å². The number of nitrogens with one attached hydrogen (secondary N) is 1. The lowest BCUT2D eigenvalue weighted by Gasteiger charge is -2.44. The number of thioether (sulfide) groups is 1. The van der Waals surface area contributed by atoms with E-state index in [0.29, 0.717) is 0 Å². The summed E-state index contributed by atoms with van der Waals surface area (Å²) >= 11 is 2.03. The maximum Gasteiger partial charge on any atom is 0.240 e. The highest BCUT2D eigenvalue weighted by molar-refractivity contribution is 7.99. The van der Waals surface area contributed by atoms with Crippen molar-refractivity contribution in [1.82, 2.24) is 10.2 Å². The number of carbonyl (C=O) groups is 1. The van der Waals surface area contributed by atoms with Gasteiger partial charge < -0.3 is 5.32 Å². The molecule has 0 bridgehead atoms. The molecule has 1 heterocycles. The summed E-state index contributed by atoms with van der Waals surface area (Å²) < 4.78 is 0. The van der Waals surface area contributed by atoms with Crippen LogP contribution >= 0.6 is 11.8 Å². The first-order chi connectivity index (χ1) is 11.2. The topological polar surface area (TPSA) is 56.1 Å². The van der Waals surface area contributed by atoms with E-state index in [1.807, 2.05) is 11.8 Å². The van der Waals surface area contributed by atoms with Crippen molar-refractivity contribution in [2.24, 2.45) is 5.41 Å². The van der Waals surface area contributed by atoms with Crippen LogP contribution in [-0.2, 0) is 4.79 Å². The van der Waals surface area contributed by atoms with Crippen LogP contribution < -0.4 is 5.32 Å². The summed E-state index contributed by atoms with van der Waals surface area (Å²) in [6.07, 6.45) is 9.57. The maximum atomic E-state index is 12.8. The largest absolute Gasteiger partial charge is 0.353 e. The highest BCUT2D eigenvalue weighted by atomic mass is 32.2. The molecule has 0 aromatic heterocycles. The summed E-state index contributed by atoms with van der Waals surface area (Å²) in [5, 5.41) is 12.8. The van der Waals surface area contributed by atoms with E-state index in [4.69, 9.17) is 0 Å². The zero-order valence-corrected chi connectivity index (χ0v) is 14.9. The Kier molecular flexibility index (Phi) is 5.53. The van der Waals surface area contributed by atoms with Crippen LogP contribution in [0.1, 0.15) is 57.8 Å². The predicted molar refractivity (Wildman–Crippen MR) is 94.2 cm³/mol. The first-order valence-electron chi connectivity index (χ1n) is 9.23. The van der Waals surface area contributed by atoms with Gasteiger partial charge in [0.15, 0.2) is 0 Å². The van der Waals surface area contributed by atoms with E-state index < -0.39 is 5.41 Å². The van der Waals surface area contributed by atoms with Gasteiger partial charge in [0.2, 0.25) is 5.91 Å². The minimum atomic E-state index is -0.754. The van der Waals surface area contributed by atoms with Crippen molar-refractivity contribution in [3.63, 3.8) is 0 Å². The third kappa shape index (κ3) is 3.53. The van der Waals surface area contributed by atoms with Crippen molar-refractivity contribution in [3.05, 3.63) is 0 Å². The monoisotopic (exact) mass is 335 g/mol. The molecule has 1 saturated heterocycles. The highest BCUT2D eigenvalue weighted by Gasteiger charge is 2.43. The summed E-state index contributed by atoms with van der Waals surface area (Å²) in [4.78, 5) is 15.4. The molecular formula is C18H29N3OS. The second-order valence-corrected chi connectivity index (χ2v) is 8.69. The third-order valence-corrected chi connectivity index (χ3v) is 7.09. The van der Waals surface area contributed by atoms with Crippen LogP contribution in [0, 0.1) is 16.7 Å². The molecule has 0 atom stereocenters. The molecule has 0 radical (unpaired) electrons. The molecule has 0 unspecified atom stereocenters. The van der Waals surface area contributed by atoms with Crippen molar-refractivity contribution in [2.75, 3.05) is 31.1 Å². The molecule has 5 heteroatoms. The van der Waals surface area contributed by atoms with Gasteiger partial charge in [-0.2, -0.15) is 17.0 Å². The van der Waals surface area contributed by atoms with E-state index in [1.54, 1.807) is 0 Å². The van der Waals surface area contributed by atoms with Gasteiger partial charge >= 0.3 is 0 Å². The fourth-order valence-corrected chi connectivity index (χ4v) is 5.54. The SMILES string of the molecule is N#CC1(C(=O)NCC2(N3CCSCC3)CCCC2)CCCCC1. The zero-order valence-electron chi connectivity index (χ0n) is 14.1. The molecular weight excluding hydrogens is 306 g/mol. The number of rotatable bonds is 4. The number of carbonyl (C=O) groups excluding carboxylic acids is 1. The van der Waals surface area contributed by atoms with E-state index in [1.165, 1.54) is 37.2 Å².